The van der Waals surface area contributed by atoms with Gasteiger partial charge in [-0.2, -0.15) is 10.2 Å². The summed E-state index contributed by atoms with van der Waals surface area (Å²) >= 11 is 5.92. The Labute approximate surface area is 123 Å². The number of aromatic nitrogens is 1. The molecule has 1 aromatic rings. The third-order valence-corrected chi connectivity index (χ3v) is 2.55. The monoisotopic (exact) mass is 293 g/mol. The highest BCUT2D eigenvalue weighted by Crippen LogP contribution is 2.26. The summed E-state index contributed by atoms with van der Waals surface area (Å²) < 4.78 is 10.4. The molecule has 1 heterocycles. The second kappa shape index (κ2) is 8.20. The Morgan fingerprint density at radius 2 is 2.35 bits per heavy atom. The second-order valence-corrected chi connectivity index (χ2v) is 4.33. The number of oxazole rings is 1. The van der Waals surface area contributed by atoms with Crippen LogP contribution in [0.4, 0.5) is 5.88 Å². The van der Waals surface area contributed by atoms with Gasteiger partial charge in [-0.15, -0.1) is 0 Å². The van der Waals surface area contributed by atoms with E-state index >= 15 is 0 Å². The molecule has 0 spiro atoms. The Kier molecular flexibility index (Phi) is 6.57. The maximum absolute atomic E-state index is 9.04. The maximum atomic E-state index is 9.04. The minimum Gasteiger partial charge on any atom is -0.419 e. The van der Waals surface area contributed by atoms with E-state index in [0.717, 1.165) is 0 Å². The third kappa shape index (κ3) is 4.26. The molecular weight excluding hydrogens is 278 g/mol. The molecule has 0 unspecified atom stereocenters. The van der Waals surface area contributed by atoms with Crippen LogP contribution >= 0.6 is 11.6 Å². The van der Waals surface area contributed by atoms with Crippen molar-refractivity contribution in [2.75, 3.05) is 25.6 Å². The van der Waals surface area contributed by atoms with Crippen molar-refractivity contribution in [1.82, 2.24) is 4.98 Å². The minimum atomic E-state index is 0.178. The lowest BCUT2D eigenvalue weighted by Crippen LogP contribution is -1.99. The third-order valence-electron chi connectivity index (χ3n) is 2.35. The number of ether oxygens (including phenoxy) is 1. The first kappa shape index (κ1) is 16.0. The van der Waals surface area contributed by atoms with E-state index in [2.05, 4.69) is 16.9 Å². The van der Waals surface area contributed by atoms with Gasteiger partial charge in [0.1, 0.15) is 6.07 Å². The molecule has 0 aliphatic carbocycles. The van der Waals surface area contributed by atoms with Gasteiger partial charge in [-0.05, 0) is 6.92 Å². The van der Waals surface area contributed by atoms with E-state index in [1.54, 1.807) is 14.0 Å². The average molecular weight is 294 g/mol. The summed E-state index contributed by atoms with van der Waals surface area (Å²) in [6, 6.07) is 1.97. The highest BCUT2D eigenvalue weighted by atomic mass is 35.5. The van der Waals surface area contributed by atoms with Crippen LogP contribution in [0.1, 0.15) is 18.5 Å². The van der Waals surface area contributed by atoms with Crippen molar-refractivity contribution < 1.29 is 9.15 Å². The molecule has 0 radical (unpaired) electrons. The van der Waals surface area contributed by atoms with Crippen molar-refractivity contribution >= 4 is 23.1 Å². The highest BCUT2D eigenvalue weighted by Gasteiger charge is 2.15. The lowest BCUT2D eigenvalue weighted by Gasteiger charge is -1.99. The van der Waals surface area contributed by atoms with Gasteiger partial charge in [-0.25, -0.2) is 0 Å². The molecule has 0 saturated carbocycles. The molecule has 6 heteroatoms. The number of nitrogens with one attached hydrogen (secondary N) is 1. The quantitative estimate of drug-likeness (QED) is 0.617. The molecule has 0 aliphatic rings. The Balaban J connectivity index is 2.88. The second-order valence-electron chi connectivity index (χ2n) is 3.77. The average Bonchev–Trinajstić information content (AvgIpc) is 2.82. The Morgan fingerprint density at radius 3 is 2.90 bits per heavy atom. The molecule has 0 aliphatic heterocycles. The largest absolute Gasteiger partial charge is 0.419 e. The van der Waals surface area contributed by atoms with E-state index in [-0.39, 0.29) is 11.6 Å². The number of anilines is 1. The van der Waals surface area contributed by atoms with Crippen LogP contribution in [0.3, 0.4) is 0 Å². The van der Waals surface area contributed by atoms with Gasteiger partial charge in [-0.3, -0.25) is 0 Å². The number of halogens is 1. The van der Waals surface area contributed by atoms with Crippen molar-refractivity contribution in [1.29, 1.82) is 5.26 Å². The SMILES string of the molecule is C=C/C(=C(\C)Cl)c1nc(C#N)c(NC/C=C/COC)o1. The molecule has 5 nitrogen and oxygen atoms in total. The molecule has 0 bridgehead atoms. The van der Waals surface area contributed by atoms with Gasteiger partial charge in [-0.1, -0.05) is 36.4 Å². The molecule has 0 amide bonds. The standard InChI is InChI=1S/C14H16ClN3O2/c1-4-11(10(2)15)13-18-12(9-16)14(20-13)17-7-5-6-8-19-3/h4-6,17H,1,7-8H2,2-3H3/b6-5+,11-10-. The lowest BCUT2D eigenvalue weighted by atomic mass is 10.2. The number of methoxy groups -OCH3 is 1. The van der Waals surface area contributed by atoms with E-state index in [1.165, 1.54) is 6.08 Å². The fourth-order valence-electron chi connectivity index (χ4n) is 1.41. The van der Waals surface area contributed by atoms with Crippen molar-refractivity contribution in [3.63, 3.8) is 0 Å². The minimum absolute atomic E-state index is 0.178. The number of nitriles is 1. The predicted molar refractivity (Wildman–Crippen MR) is 79.4 cm³/mol. The summed E-state index contributed by atoms with van der Waals surface area (Å²) in [5.74, 6) is 0.578. The zero-order chi connectivity index (χ0) is 15.0. The van der Waals surface area contributed by atoms with Crippen molar-refractivity contribution in [2.24, 2.45) is 0 Å². The molecule has 0 fully saturated rings. The van der Waals surface area contributed by atoms with Crippen LogP contribution in [0.25, 0.3) is 5.57 Å². The van der Waals surface area contributed by atoms with Crippen LogP contribution in [-0.2, 0) is 4.74 Å². The van der Waals surface area contributed by atoms with Crippen molar-refractivity contribution in [3.8, 4) is 6.07 Å². The Bertz CT molecular complexity index is 563. The number of nitrogens with zero attached hydrogens (tertiary/aromatic N) is 2. The molecule has 1 rings (SSSR count). The highest BCUT2D eigenvalue weighted by molar-refractivity contribution is 6.32. The van der Waals surface area contributed by atoms with E-state index < -0.39 is 0 Å². The van der Waals surface area contributed by atoms with E-state index in [1.807, 2.05) is 18.2 Å². The summed E-state index contributed by atoms with van der Waals surface area (Å²) in [5.41, 5.74) is 0.739. The summed E-state index contributed by atoms with van der Waals surface area (Å²) in [7, 11) is 1.62. The number of hydrogen-bond acceptors (Lipinski definition) is 5. The molecule has 0 aromatic carbocycles. The van der Waals surface area contributed by atoms with Gasteiger partial charge in [0, 0.05) is 18.7 Å². The molecular formula is C14H16ClN3O2. The van der Waals surface area contributed by atoms with Gasteiger partial charge in [0.25, 0.3) is 0 Å². The number of rotatable bonds is 7. The van der Waals surface area contributed by atoms with Crippen LogP contribution in [0.5, 0.6) is 0 Å². The Hall–Kier alpha value is -2.03. The molecule has 0 atom stereocenters. The van der Waals surface area contributed by atoms with Gasteiger partial charge in [0.05, 0.1) is 12.2 Å². The first-order valence-electron chi connectivity index (χ1n) is 5.92. The fraction of sp³-hybridized carbons (Fsp3) is 0.286. The fourth-order valence-corrected chi connectivity index (χ4v) is 1.56. The van der Waals surface area contributed by atoms with Crippen LogP contribution in [0.2, 0.25) is 0 Å². The van der Waals surface area contributed by atoms with Gasteiger partial charge >= 0.3 is 0 Å². The predicted octanol–water partition coefficient (Wildman–Crippen LogP) is 3.32. The topological polar surface area (TPSA) is 71.1 Å². The zero-order valence-electron chi connectivity index (χ0n) is 11.4. The molecule has 1 aromatic heterocycles. The number of allylic oxidation sites excluding steroid dienone is 3. The van der Waals surface area contributed by atoms with Gasteiger partial charge < -0.3 is 14.5 Å². The lowest BCUT2D eigenvalue weighted by molar-refractivity contribution is 0.233. The van der Waals surface area contributed by atoms with Crippen LogP contribution in [0.15, 0.2) is 34.3 Å². The van der Waals surface area contributed by atoms with E-state index in [4.69, 9.17) is 26.0 Å². The first-order chi connectivity index (χ1) is 9.63. The normalized spacial score (nSPS) is 12.1. The zero-order valence-corrected chi connectivity index (χ0v) is 12.2. The van der Waals surface area contributed by atoms with E-state index in [9.17, 15) is 0 Å². The molecule has 20 heavy (non-hydrogen) atoms. The smallest absolute Gasteiger partial charge is 0.232 e. The summed E-state index contributed by atoms with van der Waals surface area (Å²) in [6.07, 6.45) is 5.26. The van der Waals surface area contributed by atoms with Gasteiger partial charge in [0.2, 0.25) is 17.5 Å². The molecule has 106 valence electrons. The summed E-state index contributed by atoms with van der Waals surface area (Å²) in [6.45, 7) is 6.38. The van der Waals surface area contributed by atoms with Gasteiger partial charge in [0.15, 0.2) is 0 Å². The van der Waals surface area contributed by atoms with Crippen LogP contribution in [-0.4, -0.2) is 25.2 Å². The number of hydrogen-bond donors (Lipinski definition) is 1. The molecule has 0 saturated heterocycles. The summed E-state index contributed by atoms with van der Waals surface area (Å²) in [5, 5.41) is 12.5. The van der Waals surface area contributed by atoms with Crippen molar-refractivity contribution in [2.45, 2.75) is 6.92 Å². The first-order valence-corrected chi connectivity index (χ1v) is 6.29. The Morgan fingerprint density at radius 1 is 1.60 bits per heavy atom. The van der Waals surface area contributed by atoms with Crippen LogP contribution < -0.4 is 5.32 Å². The molecule has 1 N–H and O–H groups in total. The van der Waals surface area contributed by atoms with Crippen LogP contribution in [0, 0.1) is 11.3 Å². The summed E-state index contributed by atoms with van der Waals surface area (Å²) in [4.78, 5) is 4.08. The van der Waals surface area contributed by atoms with Crippen molar-refractivity contribution in [3.05, 3.63) is 41.4 Å². The van der Waals surface area contributed by atoms with E-state index in [0.29, 0.717) is 29.6 Å². The maximum Gasteiger partial charge on any atom is 0.232 e.